The Kier molecular flexibility index (Phi) is 8.00. The quantitative estimate of drug-likeness (QED) is 0.338. The van der Waals surface area contributed by atoms with Crippen molar-refractivity contribution in [1.82, 2.24) is 15.2 Å². The molecule has 1 saturated heterocycles. The molecule has 2 aliphatic heterocycles. The molecule has 1 aromatic heterocycles. The summed E-state index contributed by atoms with van der Waals surface area (Å²) in [4.78, 5) is 35.6. The Morgan fingerprint density at radius 3 is 2.67 bits per heavy atom. The number of rotatable bonds is 10. The number of hydrogen-bond donors (Lipinski definition) is 3. The van der Waals surface area contributed by atoms with Gasteiger partial charge in [0.1, 0.15) is 6.61 Å². The van der Waals surface area contributed by atoms with Gasteiger partial charge in [-0.15, -0.1) is 0 Å². The number of aliphatic hydroxyl groups excluding tert-OH is 1. The van der Waals surface area contributed by atoms with Crippen LogP contribution in [0.3, 0.4) is 0 Å². The van der Waals surface area contributed by atoms with Crippen LogP contribution in [-0.4, -0.2) is 71.6 Å². The summed E-state index contributed by atoms with van der Waals surface area (Å²) in [6.07, 6.45) is 7.76. The maximum absolute atomic E-state index is 13.4. The number of nitrogens with zero attached hydrogens (tertiary/aromatic N) is 3. The van der Waals surface area contributed by atoms with Crippen LogP contribution in [0.2, 0.25) is 0 Å². The van der Waals surface area contributed by atoms with Crippen molar-refractivity contribution < 1.29 is 19.4 Å². The zero-order valence-corrected chi connectivity index (χ0v) is 21.2. The highest BCUT2D eigenvalue weighted by atomic mass is 16.5. The highest BCUT2D eigenvalue weighted by Gasteiger charge is 2.50. The van der Waals surface area contributed by atoms with Gasteiger partial charge in [-0.3, -0.25) is 14.8 Å². The predicted molar refractivity (Wildman–Crippen MR) is 137 cm³/mol. The number of aliphatic hydroxyl groups is 1. The smallest absolute Gasteiger partial charge is 0.336 e. The van der Waals surface area contributed by atoms with Gasteiger partial charge in [-0.2, -0.15) is 0 Å². The Balaban J connectivity index is 1.35. The van der Waals surface area contributed by atoms with Gasteiger partial charge in [0.05, 0.1) is 35.4 Å². The van der Waals surface area contributed by atoms with Crippen molar-refractivity contribution in [1.29, 1.82) is 5.41 Å². The van der Waals surface area contributed by atoms with Gasteiger partial charge in [0.25, 0.3) is 0 Å². The van der Waals surface area contributed by atoms with Crippen LogP contribution >= 0.6 is 0 Å². The lowest BCUT2D eigenvalue weighted by atomic mass is 9.71. The van der Waals surface area contributed by atoms with E-state index in [1.54, 1.807) is 18.0 Å². The van der Waals surface area contributed by atoms with Crippen molar-refractivity contribution >= 4 is 24.8 Å². The lowest BCUT2D eigenvalue weighted by Crippen LogP contribution is -2.43. The topological polar surface area (TPSA) is 128 Å². The molecule has 194 valence electrons. The van der Waals surface area contributed by atoms with Crippen molar-refractivity contribution in [2.45, 2.75) is 76.4 Å². The first-order chi connectivity index (χ1) is 17.3. The second kappa shape index (κ2) is 11.0. The highest BCUT2D eigenvalue weighted by molar-refractivity contribution is 5.94. The first kappa shape index (κ1) is 26.2. The Morgan fingerprint density at radius 1 is 1.36 bits per heavy atom. The monoisotopic (exact) mass is 495 g/mol. The van der Waals surface area contributed by atoms with Crippen LogP contribution in [0.25, 0.3) is 0 Å². The summed E-state index contributed by atoms with van der Waals surface area (Å²) in [6, 6.07) is 3.83. The fourth-order valence-corrected chi connectivity index (χ4v) is 5.81. The molecule has 1 spiro atoms. The number of esters is 1. The average molecular weight is 496 g/mol. The van der Waals surface area contributed by atoms with Crippen LogP contribution in [0.4, 0.5) is 0 Å². The van der Waals surface area contributed by atoms with E-state index < -0.39 is 0 Å². The molecule has 3 N–H and O–H groups in total. The summed E-state index contributed by atoms with van der Waals surface area (Å²) in [7, 11) is 0. The Bertz CT molecular complexity index is 1030. The van der Waals surface area contributed by atoms with Crippen LogP contribution in [0.5, 0.6) is 0 Å². The largest absolute Gasteiger partial charge is 0.456 e. The minimum Gasteiger partial charge on any atom is -0.456 e. The lowest BCUT2D eigenvalue weighted by molar-refractivity contribution is -0.138. The number of carbonyl (C=O) groups is 2. The third-order valence-corrected chi connectivity index (χ3v) is 8.33. The molecule has 9 nitrogen and oxygen atoms in total. The number of carbonyl (C=O) groups excluding carboxylic acids is 2. The second-order valence-electron chi connectivity index (χ2n) is 10.3. The van der Waals surface area contributed by atoms with Gasteiger partial charge in [0, 0.05) is 36.8 Å². The van der Waals surface area contributed by atoms with E-state index in [1.165, 1.54) is 6.21 Å². The van der Waals surface area contributed by atoms with Gasteiger partial charge in [0.2, 0.25) is 5.91 Å². The van der Waals surface area contributed by atoms with Crippen LogP contribution in [0.15, 0.2) is 34.6 Å². The van der Waals surface area contributed by atoms with Crippen LogP contribution in [-0.2, 0) is 14.3 Å². The van der Waals surface area contributed by atoms with E-state index in [-0.39, 0.29) is 54.5 Å². The van der Waals surface area contributed by atoms with Crippen LogP contribution in [0, 0.1) is 10.8 Å². The molecule has 0 radical (unpaired) electrons. The zero-order chi connectivity index (χ0) is 25.9. The second-order valence-corrected chi connectivity index (χ2v) is 10.3. The van der Waals surface area contributed by atoms with Crippen molar-refractivity contribution in [3.05, 3.63) is 40.9 Å². The number of aromatic nitrogens is 1. The standard InChI is InChI=1S/C27H37N5O4/c1-17(21(29-3)8-12-28)22-5-4-19(14-30-22)23(15-33)31-20-6-9-27(10-7-20)11-13-32(26(27)35)24-16-36-25(34)18(24)2/h4-5,12,14,17,20-21,23,28,31,33H,3,6-11,13,15-16H2,1-2H3. The van der Waals surface area contributed by atoms with Gasteiger partial charge >= 0.3 is 5.97 Å². The predicted octanol–water partition coefficient (Wildman–Crippen LogP) is 2.91. The SMILES string of the molecule is C=NC(CC=N)C(C)c1ccc(C(CO)NC2CCC3(CC2)CCN(C2=C(C)C(=O)OC2)C3=O)cn1. The molecule has 3 unspecified atom stereocenters. The number of nitrogens with one attached hydrogen (secondary N) is 2. The first-order valence-corrected chi connectivity index (χ1v) is 12.8. The number of amides is 1. The minimum absolute atomic E-state index is 0.0446. The summed E-state index contributed by atoms with van der Waals surface area (Å²) in [5.41, 5.74) is 2.71. The molecule has 9 heteroatoms. The molecule has 3 atom stereocenters. The van der Waals surface area contributed by atoms with E-state index in [1.807, 2.05) is 19.1 Å². The number of hydrogen-bond acceptors (Lipinski definition) is 8. The number of likely N-dealkylation sites (tertiary alicyclic amines) is 1. The summed E-state index contributed by atoms with van der Waals surface area (Å²) < 4.78 is 5.12. The van der Waals surface area contributed by atoms with E-state index in [4.69, 9.17) is 10.1 Å². The molecule has 1 saturated carbocycles. The van der Waals surface area contributed by atoms with Crippen LogP contribution < -0.4 is 5.32 Å². The minimum atomic E-state index is -0.364. The van der Waals surface area contributed by atoms with Crippen molar-refractivity contribution in [2.75, 3.05) is 19.8 Å². The van der Waals surface area contributed by atoms with Crippen molar-refractivity contribution in [3.8, 4) is 0 Å². The Labute approximate surface area is 212 Å². The molecule has 2 fully saturated rings. The molecule has 0 bridgehead atoms. The average Bonchev–Trinajstić information content (AvgIpc) is 3.39. The molecular weight excluding hydrogens is 458 g/mol. The maximum Gasteiger partial charge on any atom is 0.336 e. The van der Waals surface area contributed by atoms with Crippen LogP contribution in [0.1, 0.15) is 75.6 Å². The molecule has 1 aromatic rings. The van der Waals surface area contributed by atoms with E-state index in [0.29, 0.717) is 18.5 Å². The molecule has 4 rings (SSSR count). The summed E-state index contributed by atoms with van der Waals surface area (Å²) in [5, 5.41) is 21.0. The fourth-order valence-electron chi connectivity index (χ4n) is 5.81. The summed E-state index contributed by atoms with van der Waals surface area (Å²) in [6.45, 7) is 8.18. The molecule has 36 heavy (non-hydrogen) atoms. The van der Waals surface area contributed by atoms with Gasteiger partial charge < -0.3 is 25.5 Å². The zero-order valence-electron chi connectivity index (χ0n) is 21.2. The Morgan fingerprint density at radius 2 is 2.11 bits per heavy atom. The number of cyclic esters (lactones) is 1. The van der Waals surface area contributed by atoms with E-state index in [0.717, 1.165) is 49.1 Å². The van der Waals surface area contributed by atoms with Gasteiger partial charge in [-0.25, -0.2) is 4.79 Å². The number of ether oxygens (including phenoxy) is 1. The Hall–Kier alpha value is -2.91. The van der Waals surface area contributed by atoms with Crippen molar-refractivity contribution in [2.24, 2.45) is 10.4 Å². The summed E-state index contributed by atoms with van der Waals surface area (Å²) in [5.74, 6) is -0.163. The van der Waals surface area contributed by atoms with Gasteiger partial charge in [-0.05, 0) is 63.6 Å². The molecule has 3 aliphatic rings. The van der Waals surface area contributed by atoms with Gasteiger partial charge in [-0.1, -0.05) is 13.0 Å². The number of aliphatic imine (C=N–C) groups is 1. The molecule has 0 aromatic carbocycles. The molecule has 1 aliphatic carbocycles. The third-order valence-electron chi connectivity index (χ3n) is 8.33. The van der Waals surface area contributed by atoms with E-state index in [2.05, 4.69) is 22.0 Å². The third kappa shape index (κ3) is 4.99. The van der Waals surface area contributed by atoms with Crippen molar-refractivity contribution in [3.63, 3.8) is 0 Å². The highest BCUT2D eigenvalue weighted by Crippen LogP contribution is 2.46. The van der Waals surface area contributed by atoms with Gasteiger partial charge in [0.15, 0.2) is 0 Å². The summed E-state index contributed by atoms with van der Waals surface area (Å²) >= 11 is 0. The molecule has 3 heterocycles. The number of pyridine rings is 1. The fraction of sp³-hybridized carbons (Fsp3) is 0.593. The first-order valence-electron chi connectivity index (χ1n) is 12.8. The normalized spacial score (nSPS) is 26.8. The molecular formula is C27H37N5O4. The lowest BCUT2D eigenvalue weighted by Gasteiger charge is -2.37. The van der Waals surface area contributed by atoms with E-state index in [9.17, 15) is 14.7 Å². The maximum atomic E-state index is 13.4. The van der Waals surface area contributed by atoms with E-state index >= 15 is 0 Å². The molecule has 1 amide bonds.